The molecular weight excluding hydrogens is 210 g/mol. The maximum Gasteiger partial charge on any atom is 0.319 e. The Morgan fingerprint density at radius 3 is 2.94 bits per heavy atom. The molecule has 1 aromatic rings. The molecule has 0 unspecified atom stereocenters. The van der Waals surface area contributed by atoms with Crippen LogP contribution in [-0.4, -0.2) is 41.7 Å². The predicted octanol–water partition coefficient (Wildman–Crippen LogP) is 0.627. The van der Waals surface area contributed by atoms with Gasteiger partial charge in [-0.05, 0) is 13.5 Å². The second-order valence-corrected chi connectivity index (χ2v) is 3.60. The molecule has 0 N–H and O–H groups in total. The molecular formula is C10H17N3O3. The first-order valence-electron chi connectivity index (χ1n) is 5.22. The Labute approximate surface area is 94.6 Å². The SMILES string of the molecule is CCCc1noc(CN(C)CC(=O)OC)n1. The number of carbonyl (C=O) groups excluding carboxylic acids is 1. The highest BCUT2D eigenvalue weighted by Gasteiger charge is 2.11. The van der Waals surface area contributed by atoms with E-state index in [2.05, 4.69) is 21.8 Å². The summed E-state index contributed by atoms with van der Waals surface area (Å²) in [6.45, 7) is 2.72. The van der Waals surface area contributed by atoms with E-state index in [9.17, 15) is 4.79 Å². The van der Waals surface area contributed by atoms with Crippen molar-refractivity contribution in [1.82, 2.24) is 15.0 Å². The zero-order chi connectivity index (χ0) is 12.0. The molecule has 0 saturated heterocycles. The summed E-state index contributed by atoms with van der Waals surface area (Å²) in [6, 6.07) is 0. The number of hydrogen-bond donors (Lipinski definition) is 0. The van der Waals surface area contributed by atoms with E-state index in [-0.39, 0.29) is 12.5 Å². The maximum absolute atomic E-state index is 11.0. The number of methoxy groups -OCH3 is 1. The molecule has 90 valence electrons. The molecule has 0 aliphatic heterocycles. The number of aryl methyl sites for hydroxylation is 1. The Bertz CT molecular complexity index is 338. The first kappa shape index (κ1) is 12.6. The Morgan fingerprint density at radius 1 is 1.56 bits per heavy atom. The van der Waals surface area contributed by atoms with Crippen LogP contribution < -0.4 is 0 Å². The van der Waals surface area contributed by atoms with E-state index < -0.39 is 0 Å². The molecule has 6 nitrogen and oxygen atoms in total. The largest absolute Gasteiger partial charge is 0.468 e. The lowest BCUT2D eigenvalue weighted by atomic mass is 10.3. The molecule has 0 atom stereocenters. The minimum atomic E-state index is -0.282. The van der Waals surface area contributed by atoms with E-state index in [4.69, 9.17) is 4.52 Å². The fourth-order valence-corrected chi connectivity index (χ4v) is 1.25. The number of esters is 1. The van der Waals surface area contributed by atoms with Gasteiger partial charge in [0.25, 0.3) is 0 Å². The number of ether oxygens (including phenoxy) is 1. The van der Waals surface area contributed by atoms with Gasteiger partial charge in [-0.25, -0.2) is 0 Å². The van der Waals surface area contributed by atoms with Crippen molar-refractivity contribution in [2.24, 2.45) is 0 Å². The third-order valence-electron chi connectivity index (χ3n) is 2.02. The number of rotatable bonds is 6. The van der Waals surface area contributed by atoms with Gasteiger partial charge in [0.1, 0.15) is 0 Å². The Kier molecular flexibility index (Phi) is 4.91. The molecule has 0 aliphatic carbocycles. The van der Waals surface area contributed by atoms with Crippen molar-refractivity contribution >= 4 is 5.97 Å². The van der Waals surface area contributed by atoms with E-state index >= 15 is 0 Å². The van der Waals surface area contributed by atoms with Crippen LogP contribution in [0.5, 0.6) is 0 Å². The van der Waals surface area contributed by atoms with Crippen LogP contribution in [0.2, 0.25) is 0 Å². The van der Waals surface area contributed by atoms with Gasteiger partial charge < -0.3 is 9.26 Å². The zero-order valence-electron chi connectivity index (χ0n) is 9.89. The van der Waals surface area contributed by atoms with Crippen LogP contribution in [0.3, 0.4) is 0 Å². The summed E-state index contributed by atoms with van der Waals surface area (Å²) < 4.78 is 9.60. The number of nitrogens with zero attached hydrogens (tertiary/aromatic N) is 3. The normalized spacial score (nSPS) is 10.8. The molecule has 1 aromatic heterocycles. The van der Waals surface area contributed by atoms with Crippen molar-refractivity contribution < 1.29 is 14.1 Å². The maximum atomic E-state index is 11.0. The molecule has 0 amide bonds. The average Bonchev–Trinajstić information content (AvgIpc) is 2.65. The molecule has 6 heteroatoms. The highest BCUT2D eigenvalue weighted by atomic mass is 16.5. The summed E-state index contributed by atoms with van der Waals surface area (Å²) in [5, 5.41) is 3.83. The molecule has 0 bridgehead atoms. The Morgan fingerprint density at radius 2 is 2.31 bits per heavy atom. The number of hydrogen-bond acceptors (Lipinski definition) is 6. The predicted molar refractivity (Wildman–Crippen MR) is 56.6 cm³/mol. The highest BCUT2D eigenvalue weighted by Crippen LogP contribution is 2.02. The van der Waals surface area contributed by atoms with Crippen molar-refractivity contribution in [2.45, 2.75) is 26.3 Å². The molecule has 1 heterocycles. The molecule has 0 aromatic carbocycles. The molecule has 0 saturated carbocycles. The zero-order valence-corrected chi connectivity index (χ0v) is 9.89. The summed E-state index contributed by atoms with van der Waals surface area (Å²) in [4.78, 5) is 17.0. The van der Waals surface area contributed by atoms with Crippen molar-refractivity contribution in [3.8, 4) is 0 Å². The van der Waals surface area contributed by atoms with E-state index in [0.29, 0.717) is 18.3 Å². The smallest absolute Gasteiger partial charge is 0.319 e. The van der Waals surface area contributed by atoms with Gasteiger partial charge in [0.05, 0.1) is 20.2 Å². The van der Waals surface area contributed by atoms with Gasteiger partial charge in [-0.1, -0.05) is 12.1 Å². The first-order valence-corrected chi connectivity index (χ1v) is 5.22. The van der Waals surface area contributed by atoms with Crippen LogP contribution in [0.4, 0.5) is 0 Å². The molecule has 0 aliphatic rings. The lowest BCUT2D eigenvalue weighted by Gasteiger charge is -2.11. The molecule has 1 rings (SSSR count). The summed E-state index contributed by atoms with van der Waals surface area (Å²) in [5.74, 6) is 0.953. The number of aromatic nitrogens is 2. The lowest BCUT2D eigenvalue weighted by molar-refractivity contribution is -0.141. The Hall–Kier alpha value is -1.43. The molecule has 0 spiro atoms. The van der Waals surface area contributed by atoms with Crippen molar-refractivity contribution in [1.29, 1.82) is 0 Å². The quantitative estimate of drug-likeness (QED) is 0.664. The van der Waals surface area contributed by atoms with E-state index in [0.717, 1.165) is 12.8 Å². The number of likely N-dealkylation sites (N-methyl/N-ethyl adjacent to an activating group) is 1. The van der Waals surface area contributed by atoms with Gasteiger partial charge in [-0.3, -0.25) is 9.69 Å². The second kappa shape index (κ2) is 6.22. The monoisotopic (exact) mass is 227 g/mol. The fraction of sp³-hybridized carbons (Fsp3) is 0.700. The topological polar surface area (TPSA) is 68.5 Å². The summed E-state index contributed by atoms with van der Waals surface area (Å²) in [7, 11) is 3.16. The van der Waals surface area contributed by atoms with Crippen LogP contribution in [0.1, 0.15) is 25.1 Å². The van der Waals surface area contributed by atoms with Gasteiger partial charge in [0.2, 0.25) is 5.89 Å². The average molecular weight is 227 g/mol. The Balaban J connectivity index is 2.43. The van der Waals surface area contributed by atoms with Crippen LogP contribution in [0.15, 0.2) is 4.52 Å². The summed E-state index contributed by atoms with van der Waals surface area (Å²) >= 11 is 0. The summed E-state index contributed by atoms with van der Waals surface area (Å²) in [5.41, 5.74) is 0. The van der Waals surface area contributed by atoms with Gasteiger partial charge in [0.15, 0.2) is 5.82 Å². The van der Waals surface area contributed by atoms with Crippen molar-refractivity contribution in [2.75, 3.05) is 20.7 Å². The van der Waals surface area contributed by atoms with E-state index in [1.54, 1.807) is 11.9 Å². The van der Waals surface area contributed by atoms with Crippen molar-refractivity contribution in [3.63, 3.8) is 0 Å². The summed E-state index contributed by atoms with van der Waals surface area (Å²) in [6.07, 6.45) is 1.79. The minimum absolute atomic E-state index is 0.210. The highest BCUT2D eigenvalue weighted by molar-refractivity contribution is 5.71. The minimum Gasteiger partial charge on any atom is -0.468 e. The molecule has 0 radical (unpaired) electrons. The lowest BCUT2D eigenvalue weighted by Crippen LogP contribution is -2.26. The molecule has 16 heavy (non-hydrogen) atoms. The van der Waals surface area contributed by atoms with Crippen LogP contribution in [0, 0.1) is 0 Å². The second-order valence-electron chi connectivity index (χ2n) is 3.60. The van der Waals surface area contributed by atoms with Crippen LogP contribution in [-0.2, 0) is 22.5 Å². The van der Waals surface area contributed by atoms with Gasteiger partial charge in [0, 0.05) is 6.42 Å². The van der Waals surface area contributed by atoms with Crippen molar-refractivity contribution in [3.05, 3.63) is 11.7 Å². The standard InChI is InChI=1S/C10H17N3O3/c1-4-5-8-11-9(16-12-8)6-13(2)7-10(14)15-3/h4-7H2,1-3H3. The number of carbonyl (C=O) groups is 1. The van der Waals surface area contributed by atoms with E-state index in [1.807, 2.05) is 0 Å². The van der Waals surface area contributed by atoms with Crippen LogP contribution >= 0.6 is 0 Å². The van der Waals surface area contributed by atoms with Gasteiger partial charge >= 0.3 is 5.97 Å². The third kappa shape index (κ3) is 3.98. The first-order chi connectivity index (χ1) is 7.65. The third-order valence-corrected chi connectivity index (χ3v) is 2.02. The molecule has 0 fully saturated rings. The fourth-order valence-electron chi connectivity index (χ4n) is 1.25. The van der Waals surface area contributed by atoms with E-state index in [1.165, 1.54) is 7.11 Å². The van der Waals surface area contributed by atoms with Crippen LogP contribution in [0.25, 0.3) is 0 Å². The van der Waals surface area contributed by atoms with Gasteiger partial charge in [-0.2, -0.15) is 4.98 Å². The van der Waals surface area contributed by atoms with Gasteiger partial charge in [-0.15, -0.1) is 0 Å².